The Morgan fingerprint density at radius 2 is 2.12 bits per heavy atom. The third-order valence-corrected chi connectivity index (χ3v) is 4.86. The van der Waals surface area contributed by atoms with Crippen molar-refractivity contribution >= 4 is 11.7 Å². The molecule has 0 aliphatic carbocycles. The van der Waals surface area contributed by atoms with E-state index in [2.05, 4.69) is 55.8 Å². The Hall–Kier alpha value is -2.47. The highest BCUT2D eigenvalue weighted by atomic mass is 16.1. The number of carbonyl (C=O) groups excluding carboxylic acids is 1. The number of nitrogens with zero attached hydrogens (tertiary/aromatic N) is 3. The molecule has 0 radical (unpaired) electrons. The summed E-state index contributed by atoms with van der Waals surface area (Å²) in [5.74, 6) is 1.38. The standard InChI is InChI=1S/C19H23N5O/c1-13-21-17-16(7-9-20-19(17)25)18(22-13)23-15-8-10-24(12-15)11-14-5-3-2-4-6-14/h2-6,15H,7-12H2,1H3,(H,20,25)(H,21,22,23). The van der Waals surface area contributed by atoms with E-state index in [0.29, 0.717) is 24.1 Å². The Morgan fingerprint density at radius 3 is 2.96 bits per heavy atom. The second kappa shape index (κ2) is 6.80. The molecule has 1 unspecified atom stereocenters. The van der Waals surface area contributed by atoms with Gasteiger partial charge in [0.15, 0.2) is 0 Å². The van der Waals surface area contributed by atoms with Gasteiger partial charge in [0.2, 0.25) is 0 Å². The van der Waals surface area contributed by atoms with Crippen LogP contribution in [-0.2, 0) is 13.0 Å². The lowest BCUT2D eigenvalue weighted by atomic mass is 10.1. The van der Waals surface area contributed by atoms with Crippen LogP contribution < -0.4 is 10.6 Å². The number of hydrogen-bond donors (Lipinski definition) is 2. The molecule has 0 bridgehead atoms. The monoisotopic (exact) mass is 337 g/mol. The van der Waals surface area contributed by atoms with E-state index in [9.17, 15) is 4.79 Å². The summed E-state index contributed by atoms with van der Waals surface area (Å²) in [5, 5.41) is 6.43. The predicted molar refractivity (Wildman–Crippen MR) is 96.6 cm³/mol. The molecule has 0 saturated carbocycles. The summed E-state index contributed by atoms with van der Waals surface area (Å²) in [6, 6.07) is 10.9. The zero-order valence-electron chi connectivity index (χ0n) is 14.5. The summed E-state index contributed by atoms with van der Waals surface area (Å²) in [5.41, 5.74) is 2.83. The molecular formula is C19H23N5O. The summed E-state index contributed by atoms with van der Waals surface area (Å²) in [6.07, 6.45) is 1.86. The average Bonchev–Trinajstić information content (AvgIpc) is 3.04. The fourth-order valence-electron chi connectivity index (χ4n) is 3.65. The molecule has 1 saturated heterocycles. The van der Waals surface area contributed by atoms with E-state index in [1.54, 1.807) is 0 Å². The number of fused-ring (bicyclic) bond motifs is 1. The SMILES string of the molecule is Cc1nc(NC2CCN(Cc3ccccc3)C2)c2c(n1)C(=O)NCC2. The molecule has 4 rings (SSSR count). The summed E-state index contributed by atoms with van der Waals surface area (Å²) in [4.78, 5) is 23.4. The van der Waals surface area contributed by atoms with Crippen molar-refractivity contribution in [3.05, 3.63) is 53.0 Å². The van der Waals surface area contributed by atoms with Gasteiger partial charge in [-0.1, -0.05) is 30.3 Å². The fraction of sp³-hybridized carbons (Fsp3) is 0.421. The average molecular weight is 337 g/mol. The molecule has 1 atom stereocenters. The Bertz CT molecular complexity index is 777. The van der Waals surface area contributed by atoms with Crippen LogP contribution in [0.4, 0.5) is 5.82 Å². The molecular weight excluding hydrogens is 314 g/mol. The summed E-state index contributed by atoms with van der Waals surface area (Å²) in [7, 11) is 0. The first-order chi connectivity index (χ1) is 12.2. The zero-order valence-corrected chi connectivity index (χ0v) is 14.5. The molecule has 2 aliphatic heterocycles. The zero-order chi connectivity index (χ0) is 17.2. The summed E-state index contributed by atoms with van der Waals surface area (Å²) >= 11 is 0. The van der Waals surface area contributed by atoms with Crippen LogP contribution in [0, 0.1) is 6.92 Å². The van der Waals surface area contributed by atoms with Crippen LogP contribution in [-0.4, -0.2) is 46.5 Å². The minimum atomic E-state index is -0.0908. The smallest absolute Gasteiger partial charge is 0.270 e. The Morgan fingerprint density at radius 1 is 1.28 bits per heavy atom. The number of aromatic nitrogens is 2. The number of rotatable bonds is 4. The fourth-order valence-corrected chi connectivity index (χ4v) is 3.65. The normalized spacial score (nSPS) is 20.2. The molecule has 1 aromatic heterocycles. The van der Waals surface area contributed by atoms with Crippen LogP contribution in [0.3, 0.4) is 0 Å². The molecule has 2 aliphatic rings. The van der Waals surface area contributed by atoms with Gasteiger partial charge >= 0.3 is 0 Å². The van der Waals surface area contributed by atoms with Gasteiger partial charge in [-0.05, 0) is 25.3 Å². The van der Waals surface area contributed by atoms with Crippen molar-refractivity contribution in [2.24, 2.45) is 0 Å². The van der Waals surface area contributed by atoms with E-state index < -0.39 is 0 Å². The van der Waals surface area contributed by atoms with E-state index in [-0.39, 0.29) is 5.91 Å². The number of anilines is 1. The Labute approximate surface area is 147 Å². The topological polar surface area (TPSA) is 70.2 Å². The van der Waals surface area contributed by atoms with Gasteiger partial charge in [0.1, 0.15) is 17.3 Å². The van der Waals surface area contributed by atoms with Crippen LogP contribution in [0.5, 0.6) is 0 Å². The predicted octanol–water partition coefficient (Wildman–Crippen LogP) is 1.76. The van der Waals surface area contributed by atoms with Crippen molar-refractivity contribution in [2.45, 2.75) is 32.4 Å². The van der Waals surface area contributed by atoms with Crippen LogP contribution in [0.15, 0.2) is 30.3 Å². The van der Waals surface area contributed by atoms with E-state index in [1.165, 1.54) is 5.56 Å². The molecule has 2 aromatic rings. The van der Waals surface area contributed by atoms with Gasteiger partial charge < -0.3 is 10.6 Å². The van der Waals surface area contributed by atoms with Gasteiger partial charge in [-0.25, -0.2) is 9.97 Å². The van der Waals surface area contributed by atoms with Gasteiger partial charge in [-0.15, -0.1) is 0 Å². The quantitative estimate of drug-likeness (QED) is 0.890. The molecule has 1 fully saturated rings. The first-order valence-corrected chi connectivity index (χ1v) is 8.87. The lowest BCUT2D eigenvalue weighted by Gasteiger charge is -2.22. The highest BCUT2D eigenvalue weighted by Crippen LogP contribution is 2.23. The second-order valence-corrected chi connectivity index (χ2v) is 6.80. The van der Waals surface area contributed by atoms with Crippen LogP contribution in [0.25, 0.3) is 0 Å². The van der Waals surface area contributed by atoms with Gasteiger partial charge in [-0.3, -0.25) is 9.69 Å². The minimum Gasteiger partial charge on any atom is -0.366 e. The Balaban J connectivity index is 1.46. The molecule has 1 aromatic carbocycles. The lowest BCUT2D eigenvalue weighted by Crippen LogP contribution is -2.35. The van der Waals surface area contributed by atoms with Gasteiger partial charge in [0, 0.05) is 37.8 Å². The van der Waals surface area contributed by atoms with E-state index in [0.717, 1.165) is 43.9 Å². The van der Waals surface area contributed by atoms with Crippen molar-refractivity contribution in [3.63, 3.8) is 0 Å². The summed E-state index contributed by atoms with van der Waals surface area (Å²) < 4.78 is 0. The van der Waals surface area contributed by atoms with E-state index in [1.807, 2.05) is 6.92 Å². The number of aryl methyl sites for hydroxylation is 1. The maximum absolute atomic E-state index is 12.0. The first kappa shape index (κ1) is 16.0. The van der Waals surface area contributed by atoms with Gasteiger partial charge in [0.25, 0.3) is 5.91 Å². The van der Waals surface area contributed by atoms with Gasteiger partial charge in [0.05, 0.1) is 0 Å². The minimum absolute atomic E-state index is 0.0908. The number of likely N-dealkylation sites (tertiary alicyclic amines) is 1. The Kier molecular flexibility index (Phi) is 4.36. The molecule has 0 spiro atoms. The van der Waals surface area contributed by atoms with Crippen LogP contribution in [0.2, 0.25) is 0 Å². The largest absolute Gasteiger partial charge is 0.366 e. The first-order valence-electron chi connectivity index (χ1n) is 8.87. The van der Waals surface area contributed by atoms with Gasteiger partial charge in [-0.2, -0.15) is 0 Å². The van der Waals surface area contributed by atoms with Crippen molar-refractivity contribution in [1.82, 2.24) is 20.2 Å². The van der Waals surface area contributed by atoms with E-state index >= 15 is 0 Å². The molecule has 6 nitrogen and oxygen atoms in total. The number of benzene rings is 1. The second-order valence-electron chi connectivity index (χ2n) is 6.80. The molecule has 25 heavy (non-hydrogen) atoms. The highest BCUT2D eigenvalue weighted by molar-refractivity contribution is 5.96. The van der Waals surface area contributed by atoms with Crippen molar-refractivity contribution in [2.75, 3.05) is 25.0 Å². The maximum atomic E-state index is 12.0. The van der Waals surface area contributed by atoms with Crippen LogP contribution in [0.1, 0.15) is 33.9 Å². The number of nitrogens with one attached hydrogen (secondary N) is 2. The lowest BCUT2D eigenvalue weighted by molar-refractivity contribution is 0.0940. The third kappa shape index (κ3) is 3.49. The molecule has 3 heterocycles. The summed E-state index contributed by atoms with van der Waals surface area (Å²) in [6.45, 7) is 5.52. The third-order valence-electron chi connectivity index (χ3n) is 4.86. The maximum Gasteiger partial charge on any atom is 0.270 e. The molecule has 1 amide bonds. The highest BCUT2D eigenvalue weighted by Gasteiger charge is 2.27. The number of hydrogen-bond acceptors (Lipinski definition) is 5. The molecule has 130 valence electrons. The molecule has 2 N–H and O–H groups in total. The molecule has 6 heteroatoms. The van der Waals surface area contributed by atoms with Crippen molar-refractivity contribution in [1.29, 1.82) is 0 Å². The number of amides is 1. The number of carbonyl (C=O) groups is 1. The van der Waals surface area contributed by atoms with Crippen molar-refractivity contribution < 1.29 is 4.79 Å². The van der Waals surface area contributed by atoms with Crippen molar-refractivity contribution in [3.8, 4) is 0 Å². The van der Waals surface area contributed by atoms with Crippen LogP contribution >= 0.6 is 0 Å². The van der Waals surface area contributed by atoms with E-state index in [4.69, 9.17) is 0 Å².